The average molecular weight is 294 g/mol. The van der Waals surface area contributed by atoms with E-state index in [2.05, 4.69) is 22.1 Å². The maximum absolute atomic E-state index is 9.16. The predicted molar refractivity (Wildman–Crippen MR) is 80.0 cm³/mol. The first-order valence-corrected chi connectivity index (χ1v) is 8.13. The standard InChI is InChI=1S/C16H26N2O3/c19-13-8-15(9-13)20-7-2-1-5-18-6-3-4-14(12-18)21-16-10-17-11-16/h13-17,19H,3-12H2. The van der Waals surface area contributed by atoms with Crippen LogP contribution in [0.5, 0.6) is 0 Å². The molecule has 3 rings (SSSR count). The van der Waals surface area contributed by atoms with E-state index in [1.807, 2.05) is 0 Å². The number of rotatable bonds is 5. The van der Waals surface area contributed by atoms with Crippen LogP contribution in [0.4, 0.5) is 0 Å². The summed E-state index contributed by atoms with van der Waals surface area (Å²) in [4.78, 5) is 2.38. The Kier molecular flexibility index (Phi) is 5.50. The molecule has 1 saturated carbocycles. The van der Waals surface area contributed by atoms with Gasteiger partial charge in [-0.2, -0.15) is 0 Å². The fourth-order valence-electron chi connectivity index (χ4n) is 2.95. The molecule has 3 fully saturated rings. The summed E-state index contributed by atoms with van der Waals surface area (Å²) in [6.45, 7) is 5.42. The molecule has 118 valence electrons. The van der Waals surface area contributed by atoms with Crippen LogP contribution in [0.1, 0.15) is 25.7 Å². The summed E-state index contributed by atoms with van der Waals surface area (Å²) < 4.78 is 11.6. The number of nitrogens with zero attached hydrogens (tertiary/aromatic N) is 1. The van der Waals surface area contributed by atoms with Crippen molar-refractivity contribution in [1.82, 2.24) is 10.2 Å². The summed E-state index contributed by atoms with van der Waals surface area (Å²) in [5.74, 6) is 6.27. The first-order chi connectivity index (χ1) is 10.3. The van der Waals surface area contributed by atoms with Gasteiger partial charge in [0, 0.05) is 19.6 Å². The molecule has 0 aromatic carbocycles. The van der Waals surface area contributed by atoms with Crippen molar-refractivity contribution in [3.05, 3.63) is 0 Å². The van der Waals surface area contributed by atoms with Gasteiger partial charge in [0.25, 0.3) is 0 Å². The Morgan fingerprint density at radius 3 is 2.71 bits per heavy atom. The lowest BCUT2D eigenvalue weighted by atomic mass is 9.92. The van der Waals surface area contributed by atoms with Crippen molar-refractivity contribution >= 4 is 0 Å². The van der Waals surface area contributed by atoms with E-state index in [1.54, 1.807) is 0 Å². The van der Waals surface area contributed by atoms with Gasteiger partial charge in [0.2, 0.25) is 0 Å². The van der Waals surface area contributed by atoms with Crippen LogP contribution in [0, 0.1) is 11.8 Å². The van der Waals surface area contributed by atoms with E-state index in [-0.39, 0.29) is 12.2 Å². The first-order valence-electron chi connectivity index (χ1n) is 8.13. The molecule has 1 unspecified atom stereocenters. The van der Waals surface area contributed by atoms with Crippen LogP contribution in [0.3, 0.4) is 0 Å². The van der Waals surface area contributed by atoms with Crippen molar-refractivity contribution in [2.45, 2.75) is 50.1 Å². The zero-order valence-corrected chi connectivity index (χ0v) is 12.6. The molecule has 2 saturated heterocycles. The summed E-state index contributed by atoms with van der Waals surface area (Å²) in [7, 11) is 0. The molecule has 1 aliphatic carbocycles. The lowest BCUT2D eigenvalue weighted by Gasteiger charge is -2.36. The van der Waals surface area contributed by atoms with Crippen LogP contribution in [0.2, 0.25) is 0 Å². The molecule has 5 heteroatoms. The monoisotopic (exact) mass is 294 g/mol. The van der Waals surface area contributed by atoms with Crippen LogP contribution in [0.25, 0.3) is 0 Å². The smallest absolute Gasteiger partial charge is 0.108 e. The van der Waals surface area contributed by atoms with Crippen LogP contribution in [-0.2, 0) is 9.47 Å². The minimum absolute atomic E-state index is 0.154. The van der Waals surface area contributed by atoms with E-state index >= 15 is 0 Å². The second-order valence-electron chi connectivity index (χ2n) is 6.33. The minimum Gasteiger partial charge on any atom is -0.393 e. The average Bonchev–Trinajstić information content (AvgIpc) is 2.41. The summed E-state index contributed by atoms with van der Waals surface area (Å²) in [6.07, 6.45) is 4.77. The van der Waals surface area contributed by atoms with Crippen molar-refractivity contribution in [2.24, 2.45) is 0 Å². The molecule has 21 heavy (non-hydrogen) atoms. The van der Waals surface area contributed by atoms with Gasteiger partial charge in [-0.15, -0.1) is 0 Å². The van der Waals surface area contributed by atoms with Crippen molar-refractivity contribution < 1.29 is 14.6 Å². The number of aliphatic hydroxyl groups is 1. The molecule has 0 spiro atoms. The number of hydrogen-bond acceptors (Lipinski definition) is 5. The van der Waals surface area contributed by atoms with Gasteiger partial charge in [0.05, 0.1) is 31.0 Å². The molecule has 3 aliphatic rings. The lowest BCUT2D eigenvalue weighted by molar-refractivity contribution is -0.0648. The summed E-state index contributed by atoms with van der Waals surface area (Å²) >= 11 is 0. The lowest BCUT2D eigenvalue weighted by Crippen LogP contribution is -2.52. The third-order valence-corrected chi connectivity index (χ3v) is 4.48. The van der Waals surface area contributed by atoms with Crippen molar-refractivity contribution in [2.75, 3.05) is 39.3 Å². The summed E-state index contributed by atoms with van der Waals surface area (Å²) in [5, 5.41) is 12.4. The number of ether oxygens (including phenoxy) is 2. The quantitative estimate of drug-likeness (QED) is 0.698. The number of hydrogen-bond donors (Lipinski definition) is 2. The van der Waals surface area contributed by atoms with Gasteiger partial charge in [0.15, 0.2) is 0 Å². The molecule has 2 N–H and O–H groups in total. The van der Waals surface area contributed by atoms with Crippen LogP contribution >= 0.6 is 0 Å². The predicted octanol–water partition coefficient (Wildman–Crippen LogP) is -0.0175. The molecule has 0 amide bonds. The number of likely N-dealkylation sites (tertiary alicyclic amines) is 1. The molecular weight excluding hydrogens is 268 g/mol. The van der Waals surface area contributed by atoms with E-state index in [0.717, 1.165) is 45.6 Å². The van der Waals surface area contributed by atoms with Gasteiger partial charge in [-0.3, -0.25) is 4.90 Å². The van der Waals surface area contributed by atoms with E-state index in [0.29, 0.717) is 18.8 Å². The first kappa shape index (κ1) is 15.3. The topological polar surface area (TPSA) is 54.0 Å². The number of piperidine rings is 1. The molecule has 0 radical (unpaired) electrons. The fraction of sp³-hybridized carbons (Fsp3) is 0.875. The van der Waals surface area contributed by atoms with Crippen molar-refractivity contribution in [3.8, 4) is 11.8 Å². The third kappa shape index (κ3) is 4.67. The fourth-order valence-corrected chi connectivity index (χ4v) is 2.95. The van der Waals surface area contributed by atoms with Crippen LogP contribution in [0.15, 0.2) is 0 Å². The number of nitrogens with one attached hydrogen (secondary N) is 1. The van der Waals surface area contributed by atoms with Crippen LogP contribution < -0.4 is 5.32 Å². The van der Waals surface area contributed by atoms with Gasteiger partial charge in [0.1, 0.15) is 6.61 Å². The van der Waals surface area contributed by atoms with Gasteiger partial charge in [-0.25, -0.2) is 0 Å². The Morgan fingerprint density at radius 2 is 2.00 bits per heavy atom. The van der Waals surface area contributed by atoms with Crippen LogP contribution in [-0.4, -0.2) is 73.8 Å². The highest BCUT2D eigenvalue weighted by Gasteiger charge is 2.27. The molecule has 0 aromatic heterocycles. The maximum Gasteiger partial charge on any atom is 0.108 e. The highest BCUT2D eigenvalue weighted by atomic mass is 16.5. The van der Waals surface area contributed by atoms with Gasteiger partial charge >= 0.3 is 0 Å². The van der Waals surface area contributed by atoms with Crippen molar-refractivity contribution in [1.29, 1.82) is 0 Å². The maximum atomic E-state index is 9.16. The Labute approximate surface area is 127 Å². The third-order valence-electron chi connectivity index (χ3n) is 4.48. The normalized spacial score (nSPS) is 33.7. The molecule has 5 nitrogen and oxygen atoms in total. The second kappa shape index (κ2) is 7.57. The van der Waals surface area contributed by atoms with E-state index in [1.165, 1.54) is 12.8 Å². The Morgan fingerprint density at radius 1 is 1.14 bits per heavy atom. The Bertz CT molecular complexity index is 383. The minimum atomic E-state index is -0.154. The molecule has 2 aliphatic heterocycles. The molecule has 0 bridgehead atoms. The molecule has 1 atom stereocenters. The molecule has 0 aromatic rings. The van der Waals surface area contributed by atoms with Gasteiger partial charge < -0.3 is 19.9 Å². The highest BCUT2D eigenvalue weighted by Crippen LogP contribution is 2.22. The Hall–Kier alpha value is -0.640. The summed E-state index contributed by atoms with van der Waals surface area (Å²) in [6, 6.07) is 0. The zero-order chi connectivity index (χ0) is 14.5. The second-order valence-corrected chi connectivity index (χ2v) is 6.33. The molecular formula is C16H26N2O3. The van der Waals surface area contributed by atoms with E-state index < -0.39 is 0 Å². The van der Waals surface area contributed by atoms with Gasteiger partial charge in [-0.1, -0.05) is 11.8 Å². The zero-order valence-electron chi connectivity index (χ0n) is 12.6. The van der Waals surface area contributed by atoms with E-state index in [4.69, 9.17) is 14.6 Å². The summed E-state index contributed by atoms with van der Waals surface area (Å²) in [5.41, 5.74) is 0. The van der Waals surface area contributed by atoms with E-state index in [9.17, 15) is 0 Å². The highest BCUT2D eigenvalue weighted by molar-refractivity contribution is 5.02. The SMILES string of the molecule is OC1CC(OCC#CCN2CCCC(OC3CNC3)C2)C1. The largest absolute Gasteiger partial charge is 0.393 e. The number of aliphatic hydroxyl groups excluding tert-OH is 1. The van der Waals surface area contributed by atoms with Gasteiger partial charge in [-0.05, 0) is 32.2 Å². The molecule has 2 heterocycles. The Balaban J connectivity index is 1.29. The van der Waals surface area contributed by atoms with Crippen molar-refractivity contribution in [3.63, 3.8) is 0 Å².